The van der Waals surface area contributed by atoms with E-state index in [0.717, 1.165) is 11.8 Å². The average Bonchev–Trinajstić information content (AvgIpc) is 2.72. The number of nitrogens with zero attached hydrogens (tertiary/aromatic N) is 2. The predicted molar refractivity (Wildman–Crippen MR) is 111 cm³/mol. The molecule has 29 heavy (non-hydrogen) atoms. The zero-order valence-electron chi connectivity index (χ0n) is 15.8. The fraction of sp³-hybridized carbons (Fsp3) is 0.200. The fourth-order valence-electron chi connectivity index (χ4n) is 2.71. The average molecular weight is 412 g/mol. The molecule has 0 bridgehead atoms. The van der Waals surface area contributed by atoms with E-state index in [9.17, 15) is 14.4 Å². The van der Waals surface area contributed by atoms with Gasteiger partial charge in [0.1, 0.15) is 5.75 Å². The van der Waals surface area contributed by atoms with Crippen LogP contribution in [0.1, 0.15) is 6.92 Å². The molecule has 3 N–H and O–H groups in total. The van der Waals surface area contributed by atoms with Gasteiger partial charge < -0.3 is 15.8 Å². The molecular weight excluding hydrogens is 392 g/mol. The monoisotopic (exact) mass is 412 g/mol. The Kier molecular flexibility index (Phi) is 6.50. The van der Waals surface area contributed by atoms with Crippen LogP contribution in [-0.2, 0) is 9.59 Å². The highest BCUT2D eigenvalue weighted by molar-refractivity contribution is 7.99. The van der Waals surface area contributed by atoms with Crippen LogP contribution < -0.4 is 21.3 Å². The van der Waals surface area contributed by atoms with Crippen molar-refractivity contribution in [3.05, 3.63) is 58.9 Å². The van der Waals surface area contributed by atoms with Crippen molar-refractivity contribution in [1.82, 2.24) is 14.9 Å². The number of fused-ring (bicyclic) bond motifs is 1. The van der Waals surface area contributed by atoms with E-state index in [1.807, 2.05) is 13.0 Å². The Hall–Kier alpha value is -3.33. The number of rotatable bonds is 8. The smallest absolute Gasteiger partial charge is 0.266 e. The van der Waals surface area contributed by atoms with E-state index in [4.69, 9.17) is 10.5 Å². The lowest BCUT2D eigenvalue weighted by Crippen LogP contribution is -2.34. The van der Waals surface area contributed by atoms with Crippen molar-refractivity contribution < 1.29 is 14.3 Å². The van der Waals surface area contributed by atoms with E-state index in [1.165, 1.54) is 4.57 Å². The van der Waals surface area contributed by atoms with Crippen LogP contribution in [0.15, 0.2) is 58.5 Å². The van der Waals surface area contributed by atoms with E-state index in [0.29, 0.717) is 34.1 Å². The molecular formula is C20H20N4O4S. The second-order valence-corrected chi connectivity index (χ2v) is 6.93. The highest BCUT2D eigenvalue weighted by Crippen LogP contribution is 2.27. The molecule has 0 aliphatic rings. The minimum atomic E-state index is -0.630. The number of amides is 2. The second kappa shape index (κ2) is 9.24. The Morgan fingerprint density at radius 2 is 1.90 bits per heavy atom. The Morgan fingerprint density at radius 1 is 1.17 bits per heavy atom. The van der Waals surface area contributed by atoms with Crippen molar-refractivity contribution >= 4 is 34.5 Å². The summed E-state index contributed by atoms with van der Waals surface area (Å²) in [4.78, 5) is 40.7. The number of primary amides is 1. The molecule has 0 unspecified atom stereocenters. The normalized spacial score (nSPS) is 10.7. The molecule has 0 saturated heterocycles. The van der Waals surface area contributed by atoms with E-state index in [1.54, 1.807) is 42.5 Å². The molecule has 0 aliphatic heterocycles. The number of para-hydroxylation sites is 3. The molecule has 3 aromatic rings. The van der Waals surface area contributed by atoms with E-state index in [2.05, 4.69) is 10.3 Å². The van der Waals surface area contributed by atoms with Gasteiger partial charge in [0.2, 0.25) is 11.8 Å². The summed E-state index contributed by atoms with van der Waals surface area (Å²) in [7, 11) is 0. The first kappa shape index (κ1) is 20.4. The number of thioether (sulfide) groups is 1. The van der Waals surface area contributed by atoms with Gasteiger partial charge in [-0.05, 0) is 31.2 Å². The maximum absolute atomic E-state index is 13.3. The number of ether oxygens (including phenoxy) is 1. The summed E-state index contributed by atoms with van der Waals surface area (Å²) in [6.45, 7) is 2.05. The highest BCUT2D eigenvalue weighted by Gasteiger charge is 2.17. The van der Waals surface area contributed by atoms with Gasteiger partial charge >= 0.3 is 0 Å². The maximum atomic E-state index is 13.3. The number of carbonyl (C=O) groups is 2. The first-order chi connectivity index (χ1) is 14.0. The third-order valence-electron chi connectivity index (χ3n) is 3.94. The van der Waals surface area contributed by atoms with Gasteiger partial charge in [-0.2, -0.15) is 0 Å². The van der Waals surface area contributed by atoms with Gasteiger partial charge in [0, 0.05) is 0 Å². The molecule has 1 aromatic heterocycles. The van der Waals surface area contributed by atoms with E-state index < -0.39 is 5.91 Å². The summed E-state index contributed by atoms with van der Waals surface area (Å²) < 4.78 is 7.12. The number of hydrogen-bond donors (Lipinski definition) is 2. The zero-order chi connectivity index (χ0) is 20.8. The number of carbonyl (C=O) groups excluding carboxylic acids is 2. The van der Waals surface area contributed by atoms with Crippen LogP contribution >= 0.6 is 11.8 Å². The summed E-state index contributed by atoms with van der Waals surface area (Å²) >= 11 is 1.09. The Morgan fingerprint density at radius 3 is 2.66 bits per heavy atom. The van der Waals surface area contributed by atoms with Crippen molar-refractivity contribution in [2.45, 2.75) is 12.1 Å². The molecule has 0 radical (unpaired) electrons. The number of nitrogens with two attached hydrogens (primary N) is 1. The third-order valence-corrected chi connectivity index (χ3v) is 4.88. The molecule has 2 aromatic carbocycles. The quantitative estimate of drug-likeness (QED) is 0.428. The van der Waals surface area contributed by atoms with Crippen LogP contribution in [0, 0.1) is 0 Å². The lowest BCUT2D eigenvalue weighted by Gasteiger charge is -2.16. The number of aromatic nitrogens is 2. The van der Waals surface area contributed by atoms with Crippen LogP contribution in [0.3, 0.4) is 0 Å². The second-order valence-electron chi connectivity index (χ2n) is 5.98. The standard InChI is InChI=1S/C20H20N4O4S/c1-2-28-16-10-6-5-9-15(16)24-19(27)13-7-3-4-8-14(13)23-20(24)29-12-18(26)22-11-17(21)25/h3-10H,2,11-12H2,1H3,(H2,21,25)(H,22,26). The van der Waals surface area contributed by atoms with Crippen molar-refractivity contribution in [2.24, 2.45) is 5.73 Å². The topological polar surface area (TPSA) is 116 Å². The molecule has 1 heterocycles. The van der Waals surface area contributed by atoms with E-state index in [-0.39, 0.29) is 23.8 Å². The minimum absolute atomic E-state index is 0.0329. The maximum Gasteiger partial charge on any atom is 0.266 e. The Balaban J connectivity index is 2.06. The van der Waals surface area contributed by atoms with Crippen molar-refractivity contribution in [2.75, 3.05) is 18.9 Å². The molecule has 0 saturated carbocycles. The van der Waals surface area contributed by atoms with Gasteiger partial charge in [0.25, 0.3) is 5.56 Å². The molecule has 0 fully saturated rings. The number of nitrogens with one attached hydrogen (secondary N) is 1. The first-order valence-corrected chi connectivity index (χ1v) is 9.91. The van der Waals surface area contributed by atoms with Crippen molar-refractivity contribution in [1.29, 1.82) is 0 Å². The number of benzene rings is 2. The first-order valence-electron chi connectivity index (χ1n) is 8.93. The SMILES string of the molecule is CCOc1ccccc1-n1c(SCC(=O)NCC(N)=O)nc2ccccc2c1=O. The van der Waals surface area contributed by atoms with Crippen LogP contribution in [0.2, 0.25) is 0 Å². The van der Waals surface area contributed by atoms with Crippen LogP contribution in [0.4, 0.5) is 0 Å². The van der Waals surface area contributed by atoms with Crippen molar-refractivity contribution in [3.8, 4) is 11.4 Å². The molecule has 0 atom stereocenters. The summed E-state index contributed by atoms with van der Waals surface area (Å²) in [6, 6.07) is 14.2. The summed E-state index contributed by atoms with van der Waals surface area (Å²) in [5.41, 5.74) is 5.85. The van der Waals surface area contributed by atoms with Gasteiger partial charge in [0.05, 0.1) is 35.5 Å². The minimum Gasteiger partial charge on any atom is -0.492 e. The molecule has 0 spiro atoms. The summed E-state index contributed by atoms with van der Waals surface area (Å²) in [5.74, 6) is -0.515. The fourth-order valence-corrected chi connectivity index (χ4v) is 3.54. The summed E-state index contributed by atoms with van der Waals surface area (Å²) in [5, 5.41) is 3.22. The molecule has 9 heteroatoms. The van der Waals surface area contributed by atoms with Gasteiger partial charge in [-0.25, -0.2) is 4.98 Å². The van der Waals surface area contributed by atoms with Gasteiger partial charge in [-0.3, -0.25) is 19.0 Å². The molecule has 0 aliphatic carbocycles. The third kappa shape index (κ3) is 4.75. The van der Waals surface area contributed by atoms with E-state index >= 15 is 0 Å². The largest absolute Gasteiger partial charge is 0.492 e. The van der Waals surface area contributed by atoms with Gasteiger partial charge in [-0.15, -0.1) is 0 Å². The molecule has 8 nitrogen and oxygen atoms in total. The zero-order valence-corrected chi connectivity index (χ0v) is 16.6. The number of hydrogen-bond acceptors (Lipinski definition) is 6. The summed E-state index contributed by atoms with van der Waals surface area (Å²) in [6.07, 6.45) is 0. The predicted octanol–water partition coefficient (Wildman–Crippen LogP) is 1.48. The molecule has 2 amide bonds. The van der Waals surface area contributed by atoms with Crippen LogP contribution in [0.5, 0.6) is 5.75 Å². The Labute approximate surface area is 171 Å². The Bertz CT molecular complexity index is 1110. The molecule has 150 valence electrons. The van der Waals surface area contributed by atoms with Gasteiger partial charge in [0.15, 0.2) is 5.16 Å². The molecule has 3 rings (SSSR count). The highest BCUT2D eigenvalue weighted by atomic mass is 32.2. The van der Waals surface area contributed by atoms with Crippen molar-refractivity contribution in [3.63, 3.8) is 0 Å². The lowest BCUT2D eigenvalue weighted by atomic mass is 10.2. The lowest BCUT2D eigenvalue weighted by molar-refractivity contribution is -0.123. The van der Waals surface area contributed by atoms with Crippen LogP contribution in [0.25, 0.3) is 16.6 Å². The van der Waals surface area contributed by atoms with Crippen LogP contribution in [-0.4, -0.2) is 40.3 Å². The van der Waals surface area contributed by atoms with Gasteiger partial charge in [-0.1, -0.05) is 36.0 Å².